The number of hydrogen-bond donors (Lipinski definition) is 3. The lowest BCUT2D eigenvalue weighted by Gasteiger charge is -2.09. The van der Waals surface area contributed by atoms with Crippen molar-refractivity contribution in [3.63, 3.8) is 0 Å². The zero-order valence-electron chi connectivity index (χ0n) is 8.26. The topological polar surface area (TPSA) is 93.5 Å². The Kier molecular flexibility index (Phi) is 6.23. The van der Waals surface area contributed by atoms with E-state index in [0.29, 0.717) is 0 Å². The molecule has 6 nitrogen and oxygen atoms in total. The van der Waals surface area contributed by atoms with Gasteiger partial charge in [-0.1, -0.05) is 0 Å². The van der Waals surface area contributed by atoms with Gasteiger partial charge in [-0.25, -0.2) is 4.79 Å². The summed E-state index contributed by atoms with van der Waals surface area (Å²) in [5.41, 5.74) is 4.74. The van der Waals surface area contributed by atoms with Gasteiger partial charge in [0.15, 0.2) is 0 Å². The average Bonchev–Trinajstić information content (AvgIpc) is 2.12. The molecule has 0 saturated carbocycles. The summed E-state index contributed by atoms with van der Waals surface area (Å²) in [6.07, 6.45) is -4.44. The molecule has 0 aromatic carbocycles. The molecule has 0 spiro atoms. The molecule has 0 aromatic heterocycles. The van der Waals surface area contributed by atoms with E-state index in [1.807, 2.05) is 0 Å². The predicted molar refractivity (Wildman–Crippen MR) is 47.5 cm³/mol. The van der Waals surface area contributed by atoms with Gasteiger partial charge in [-0.05, 0) is 0 Å². The lowest BCUT2D eigenvalue weighted by Crippen LogP contribution is -2.42. The average molecular weight is 243 g/mol. The molecule has 0 atom stereocenters. The standard InChI is InChI=1S/C7H12F3N3O3/c8-7(9,10)4-13-6(15)12-1-2-16-3-5(11)14/h1-4H2,(H2,11,14)(H2,12,13,15). The molecular weight excluding hydrogens is 231 g/mol. The van der Waals surface area contributed by atoms with E-state index in [4.69, 9.17) is 5.73 Å². The summed E-state index contributed by atoms with van der Waals surface area (Å²) in [5.74, 6) is -0.665. The molecule has 0 radical (unpaired) electrons. The lowest BCUT2D eigenvalue weighted by atomic mass is 10.6. The summed E-state index contributed by atoms with van der Waals surface area (Å²) in [5, 5.41) is 3.70. The Labute approximate surface area is 89.3 Å². The first-order valence-corrected chi connectivity index (χ1v) is 4.26. The molecule has 0 aliphatic heterocycles. The second-order valence-corrected chi connectivity index (χ2v) is 2.74. The van der Waals surface area contributed by atoms with E-state index in [-0.39, 0.29) is 19.8 Å². The van der Waals surface area contributed by atoms with E-state index < -0.39 is 24.7 Å². The third kappa shape index (κ3) is 10.6. The molecule has 0 aliphatic carbocycles. The SMILES string of the molecule is NC(=O)COCCNC(=O)NCC(F)(F)F. The quantitative estimate of drug-likeness (QED) is 0.541. The first-order valence-electron chi connectivity index (χ1n) is 4.26. The number of primary amides is 1. The molecule has 0 saturated heterocycles. The normalized spacial score (nSPS) is 10.9. The smallest absolute Gasteiger partial charge is 0.370 e. The minimum atomic E-state index is -4.44. The molecule has 0 bridgehead atoms. The van der Waals surface area contributed by atoms with Crippen LogP contribution in [0.3, 0.4) is 0 Å². The maximum atomic E-state index is 11.6. The van der Waals surface area contributed by atoms with Crippen molar-refractivity contribution in [3.05, 3.63) is 0 Å². The zero-order valence-corrected chi connectivity index (χ0v) is 8.26. The van der Waals surface area contributed by atoms with Crippen molar-refractivity contribution in [2.45, 2.75) is 6.18 Å². The van der Waals surface area contributed by atoms with E-state index in [1.54, 1.807) is 5.32 Å². The zero-order chi connectivity index (χ0) is 12.6. The fraction of sp³-hybridized carbons (Fsp3) is 0.714. The highest BCUT2D eigenvalue weighted by atomic mass is 19.4. The second-order valence-electron chi connectivity index (χ2n) is 2.74. The Bertz CT molecular complexity index is 245. The van der Waals surface area contributed by atoms with E-state index in [9.17, 15) is 22.8 Å². The van der Waals surface area contributed by atoms with Crippen molar-refractivity contribution in [2.75, 3.05) is 26.3 Å². The van der Waals surface area contributed by atoms with Gasteiger partial charge < -0.3 is 21.1 Å². The summed E-state index contributed by atoms with van der Waals surface area (Å²) >= 11 is 0. The highest BCUT2D eigenvalue weighted by molar-refractivity contribution is 5.75. The minimum Gasteiger partial charge on any atom is -0.370 e. The number of amides is 3. The third-order valence-corrected chi connectivity index (χ3v) is 1.23. The molecule has 3 amide bonds. The Hall–Kier alpha value is -1.51. The highest BCUT2D eigenvalue weighted by Gasteiger charge is 2.27. The van der Waals surface area contributed by atoms with Gasteiger partial charge >= 0.3 is 12.2 Å². The van der Waals surface area contributed by atoms with Crippen molar-refractivity contribution in [2.24, 2.45) is 5.73 Å². The molecule has 16 heavy (non-hydrogen) atoms. The van der Waals surface area contributed by atoms with Crippen molar-refractivity contribution in [1.29, 1.82) is 0 Å². The van der Waals surface area contributed by atoms with Gasteiger partial charge in [0, 0.05) is 6.54 Å². The van der Waals surface area contributed by atoms with Gasteiger partial charge in [0.05, 0.1) is 6.61 Å². The van der Waals surface area contributed by atoms with Crippen molar-refractivity contribution >= 4 is 11.9 Å². The van der Waals surface area contributed by atoms with Crippen LogP contribution in [0.1, 0.15) is 0 Å². The molecule has 9 heteroatoms. The lowest BCUT2D eigenvalue weighted by molar-refractivity contribution is -0.123. The van der Waals surface area contributed by atoms with Crippen LogP contribution < -0.4 is 16.4 Å². The van der Waals surface area contributed by atoms with Gasteiger partial charge in [0.1, 0.15) is 13.2 Å². The maximum absolute atomic E-state index is 11.6. The van der Waals surface area contributed by atoms with Crippen molar-refractivity contribution < 1.29 is 27.5 Å². The number of carbonyl (C=O) groups excluding carboxylic acids is 2. The third-order valence-electron chi connectivity index (χ3n) is 1.23. The molecule has 0 rings (SSSR count). The fourth-order valence-electron chi connectivity index (χ4n) is 0.652. The monoisotopic (exact) mass is 243 g/mol. The largest absolute Gasteiger partial charge is 0.405 e. The number of alkyl halides is 3. The van der Waals surface area contributed by atoms with Gasteiger partial charge in [-0.2, -0.15) is 13.2 Å². The van der Waals surface area contributed by atoms with Crippen LogP contribution in [0.4, 0.5) is 18.0 Å². The molecule has 94 valence electrons. The molecule has 4 N–H and O–H groups in total. The van der Waals surface area contributed by atoms with Gasteiger partial charge in [-0.15, -0.1) is 0 Å². The maximum Gasteiger partial charge on any atom is 0.405 e. The molecule has 0 aromatic rings. The Morgan fingerprint density at radius 3 is 2.38 bits per heavy atom. The van der Waals surface area contributed by atoms with Gasteiger partial charge in [0.25, 0.3) is 0 Å². The van der Waals surface area contributed by atoms with Crippen LogP contribution in [0.2, 0.25) is 0 Å². The number of urea groups is 1. The van der Waals surface area contributed by atoms with Crippen LogP contribution in [0.15, 0.2) is 0 Å². The number of ether oxygens (including phenoxy) is 1. The van der Waals surface area contributed by atoms with Crippen LogP contribution in [-0.4, -0.2) is 44.4 Å². The fourth-order valence-corrected chi connectivity index (χ4v) is 0.652. The summed E-state index contributed by atoms with van der Waals surface area (Å²) in [6.45, 7) is -1.73. The molecular formula is C7H12F3N3O3. The first kappa shape index (κ1) is 14.5. The highest BCUT2D eigenvalue weighted by Crippen LogP contribution is 2.11. The van der Waals surface area contributed by atoms with Crippen LogP contribution >= 0.6 is 0 Å². The summed E-state index contributed by atoms with van der Waals surface area (Å²) in [7, 11) is 0. The van der Waals surface area contributed by atoms with Crippen molar-refractivity contribution in [1.82, 2.24) is 10.6 Å². The Morgan fingerprint density at radius 1 is 1.25 bits per heavy atom. The number of rotatable bonds is 6. The van der Waals surface area contributed by atoms with Crippen molar-refractivity contribution in [3.8, 4) is 0 Å². The molecule has 0 fully saturated rings. The second kappa shape index (κ2) is 6.88. The minimum absolute atomic E-state index is 0.0115. The number of hydrogen-bond acceptors (Lipinski definition) is 3. The van der Waals surface area contributed by atoms with Crippen LogP contribution in [0.25, 0.3) is 0 Å². The Balaban J connectivity index is 3.41. The van der Waals surface area contributed by atoms with E-state index in [2.05, 4.69) is 10.1 Å². The summed E-state index contributed by atoms with van der Waals surface area (Å²) in [4.78, 5) is 20.9. The van der Waals surface area contributed by atoms with Gasteiger partial charge in [-0.3, -0.25) is 4.79 Å². The van der Waals surface area contributed by atoms with E-state index >= 15 is 0 Å². The summed E-state index contributed by atoms with van der Waals surface area (Å²) in [6, 6.07) is -0.958. The van der Waals surface area contributed by atoms with Crippen LogP contribution in [0.5, 0.6) is 0 Å². The van der Waals surface area contributed by atoms with E-state index in [0.717, 1.165) is 0 Å². The number of nitrogens with two attached hydrogens (primary N) is 1. The number of carbonyl (C=O) groups is 2. The molecule has 0 unspecified atom stereocenters. The number of halogens is 3. The van der Waals surface area contributed by atoms with E-state index in [1.165, 1.54) is 0 Å². The molecule has 0 aliphatic rings. The molecule has 0 heterocycles. The van der Waals surface area contributed by atoms with Crippen LogP contribution in [-0.2, 0) is 9.53 Å². The predicted octanol–water partition coefficient (Wildman–Crippen LogP) is -0.650. The number of nitrogens with one attached hydrogen (secondary N) is 2. The first-order chi connectivity index (χ1) is 7.31. The van der Waals surface area contributed by atoms with Gasteiger partial charge in [0.2, 0.25) is 5.91 Å². The Morgan fingerprint density at radius 2 is 1.88 bits per heavy atom. The summed E-state index contributed by atoms with van der Waals surface area (Å²) < 4.78 is 39.5. The van der Waals surface area contributed by atoms with Crippen LogP contribution in [0, 0.1) is 0 Å².